The van der Waals surface area contributed by atoms with Crippen molar-refractivity contribution in [3.05, 3.63) is 0 Å². The number of nitrogens with zero attached hydrogens (tertiary/aromatic N) is 1. The molecule has 1 saturated heterocycles. The number of rotatable bonds is 5. The van der Waals surface area contributed by atoms with Crippen molar-refractivity contribution in [2.24, 2.45) is 5.41 Å². The molecule has 0 amide bonds. The summed E-state index contributed by atoms with van der Waals surface area (Å²) in [6.45, 7) is 8.49. The molecule has 5 heteroatoms. The predicted octanol–water partition coefficient (Wildman–Crippen LogP) is 1.65. The molecule has 0 aromatic heterocycles. The third kappa shape index (κ3) is 3.67. The fourth-order valence-corrected chi connectivity index (χ4v) is 2.45. The van der Waals surface area contributed by atoms with Crippen LogP contribution < -0.4 is 0 Å². The van der Waals surface area contributed by atoms with Gasteiger partial charge in [-0.05, 0) is 33.6 Å². The van der Waals surface area contributed by atoms with Crippen molar-refractivity contribution in [1.29, 1.82) is 0 Å². The summed E-state index contributed by atoms with van der Waals surface area (Å²) in [5.74, 6) is -0.769. The third-order valence-corrected chi connectivity index (χ3v) is 3.34. The molecule has 0 saturated carbocycles. The van der Waals surface area contributed by atoms with Gasteiger partial charge in [0.1, 0.15) is 0 Å². The van der Waals surface area contributed by atoms with E-state index in [-0.39, 0.29) is 0 Å². The van der Waals surface area contributed by atoms with Gasteiger partial charge in [0.25, 0.3) is 0 Å². The Kier molecular flexibility index (Phi) is 4.75. The van der Waals surface area contributed by atoms with Crippen molar-refractivity contribution in [2.45, 2.75) is 59.0 Å². The molecular formula is C13H25NO4. The van der Waals surface area contributed by atoms with Crippen molar-refractivity contribution in [3.8, 4) is 0 Å². The lowest BCUT2D eigenvalue weighted by molar-refractivity contribution is -0.235. The summed E-state index contributed by atoms with van der Waals surface area (Å²) >= 11 is 0. The summed E-state index contributed by atoms with van der Waals surface area (Å²) in [4.78, 5) is 13.1. The van der Waals surface area contributed by atoms with Crippen LogP contribution in [0.1, 0.15) is 47.0 Å². The van der Waals surface area contributed by atoms with Gasteiger partial charge in [0, 0.05) is 13.1 Å². The van der Waals surface area contributed by atoms with Crippen LogP contribution in [0.15, 0.2) is 0 Å². The first-order valence-corrected chi connectivity index (χ1v) is 6.53. The number of aliphatic hydroxyl groups is 1. The highest BCUT2D eigenvalue weighted by atomic mass is 16.6. The zero-order chi connectivity index (χ0) is 14.0. The van der Waals surface area contributed by atoms with Gasteiger partial charge in [-0.3, -0.25) is 9.69 Å². The maximum Gasteiger partial charge on any atom is 0.310 e. The lowest BCUT2D eigenvalue weighted by atomic mass is 9.83. The Labute approximate surface area is 109 Å². The number of likely N-dealkylation sites (tertiary alicyclic amines) is 1. The largest absolute Gasteiger partial charge is 0.481 e. The Hall–Kier alpha value is -0.650. The minimum absolute atomic E-state index is 0.355. The molecule has 0 spiro atoms. The molecule has 1 fully saturated rings. The van der Waals surface area contributed by atoms with Crippen LogP contribution in [0.2, 0.25) is 0 Å². The number of carbonyl (C=O) groups is 1. The van der Waals surface area contributed by atoms with Gasteiger partial charge in [-0.25, -0.2) is 0 Å². The van der Waals surface area contributed by atoms with Gasteiger partial charge < -0.3 is 14.9 Å². The van der Waals surface area contributed by atoms with Gasteiger partial charge in [-0.15, -0.1) is 0 Å². The fourth-order valence-electron chi connectivity index (χ4n) is 2.45. The lowest BCUT2D eigenvalue weighted by Crippen LogP contribution is -2.43. The molecule has 2 N–H and O–H groups in total. The van der Waals surface area contributed by atoms with Crippen molar-refractivity contribution >= 4 is 5.97 Å². The molecule has 1 aliphatic rings. The lowest BCUT2D eigenvalue weighted by Gasteiger charge is -2.31. The van der Waals surface area contributed by atoms with E-state index in [0.29, 0.717) is 25.9 Å². The van der Waals surface area contributed by atoms with Crippen LogP contribution in [0.3, 0.4) is 0 Å². The topological polar surface area (TPSA) is 70.0 Å². The molecule has 106 valence electrons. The molecule has 1 aliphatic heterocycles. The van der Waals surface area contributed by atoms with Crippen LogP contribution in [0.25, 0.3) is 0 Å². The second-order valence-corrected chi connectivity index (χ2v) is 6.11. The fraction of sp³-hybridized carbons (Fsp3) is 0.923. The number of carboxylic acids is 1. The number of carboxylic acid groups (broad SMARTS) is 1. The number of hydrogen-bond donors (Lipinski definition) is 2. The van der Waals surface area contributed by atoms with Gasteiger partial charge in [-0.1, -0.05) is 13.3 Å². The van der Waals surface area contributed by atoms with Gasteiger partial charge in [0.2, 0.25) is 6.41 Å². The van der Waals surface area contributed by atoms with E-state index in [1.54, 1.807) is 4.90 Å². The zero-order valence-corrected chi connectivity index (χ0v) is 11.8. The van der Waals surface area contributed by atoms with Crippen molar-refractivity contribution in [1.82, 2.24) is 4.90 Å². The molecule has 18 heavy (non-hydrogen) atoms. The summed E-state index contributed by atoms with van der Waals surface area (Å²) in [6.07, 6.45) is 1.01. The Bertz CT molecular complexity index is 300. The quantitative estimate of drug-likeness (QED) is 0.735. The second kappa shape index (κ2) is 5.55. The van der Waals surface area contributed by atoms with Crippen molar-refractivity contribution in [2.75, 3.05) is 13.1 Å². The van der Waals surface area contributed by atoms with E-state index in [2.05, 4.69) is 0 Å². The van der Waals surface area contributed by atoms with Crippen LogP contribution in [0.4, 0.5) is 0 Å². The van der Waals surface area contributed by atoms with Gasteiger partial charge in [-0.2, -0.15) is 0 Å². The molecule has 0 aliphatic carbocycles. The summed E-state index contributed by atoms with van der Waals surface area (Å²) in [5, 5.41) is 19.4. The molecule has 2 atom stereocenters. The van der Waals surface area contributed by atoms with E-state index in [4.69, 9.17) is 4.74 Å². The number of aliphatic hydroxyl groups excluding tert-OH is 1. The third-order valence-electron chi connectivity index (χ3n) is 3.34. The average molecular weight is 259 g/mol. The summed E-state index contributed by atoms with van der Waals surface area (Å²) in [5.41, 5.74) is -1.17. The number of aliphatic carboxylic acids is 1. The molecule has 1 rings (SSSR count). The maximum absolute atomic E-state index is 11.4. The van der Waals surface area contributed by atoms with Gasteiger partial charge >= 0.3 is 5.97 Å². The molecule has 5 nitrogen and oxygen atoms in total. The Morgan fingerprint density at radius 3 is 2.56 bits per heavy atom. The van der Waals surface area contributed by atoms with E-state index in [1.165, 1.54) is 0 Å². The van der Waals surface area contributed by atoms with E-state index in [0.717, 1.165) is 6.42 Å². The SMILES string of the molecule is CCCC1(C(=O)O)CCN([C@H](O)OC(C)(C)C)C1. The molecule has 1 unspecified atom stereocenters. The van der Waals surface area contributed by atoms with Crippen LogP contribution in [-0.4, -0.2) is 46.2 Å². The molecular weight excluding hydrogens is 234 g/mol. The monoisotopic (exact) mass is 259 g/mol. The standard InChI is InChI=1S/C13H25NO4/c1-5-6-13(10(15)16)7-8-14(9-13)11(17)18-12(2,3)4/h11,17H,5-9H2,1-4H3,(H,15,16)/t11-,13?/m1/s1. The van der Waals surface area contributed by atoms with Crippen molar-refractivity contribution in [3.63, 3.8) is 0 Å². The highest BCUT2D eigenvalue weighted by molar-refractivity contribution is 5.75. The van der Waals surface area contributed by atoms with E-state index in [9.17, 15) is 15.0 Å². The van der Waals surface area contributed by atoms with E-state index < -0.39 is 23.4 Å². The van der Waals surface area contributed by atoms with Gasteiger partial charge in [0.05, 0.1) is 11.0 Å². The molecule has 1 heterocycles. The van der Waals surface area contributed by atoms with Crippen LogP contribution in [0.5, 0.6) is 0 Å². The normalized spacial score (nSPS) is 27.4. The summed E-state index contributed by atoms with van der Waals surface area (Å²) in [6, 6.07) is 0. The van der Waals surface area contributed by atoms with E-state index >= 15 is 0 Å². The van der Waals surface area contributed by atoms with Crippen LogP contribution in [-0.2, 0) is 9.53 Å². The summed E-state index contributed by atoms with van der Waals surface area (Å²) < 4.78 is 5.46. The van der Waals surface area contributed by atoms with E-state index in [1.807, 2.05) is 27.7 Å². The second-order valence-electron chi connectivity index (χ2n) is 6.11. The molecule has 0 aromatic rings. The average Bonchev–Trinajstić information content (AvgIpc) is 2.61. The van der Waals surface area contributed by atoms with Crippen molar-refractivity contribution < 1.29 is 19.7 Å². The minimum atomic E-state index is -1.02. The minimum Gasteiger partial charge on any atom is -0.481 e. The van der Waals surface area contributed by atoms with Crippen LogP contribution in [0, 0.1) is 5.41 Å². The Morgan fingerprint density at radius 2 is 2.11 bits per heavy atom. The highest BCUT2D eigenvalue weighted by Gasteiger charge is 2.46. The smallest absolute Gasteiger partial charge is 0.310 e. The highest BCUT2D eigenvalue weighted by Crippen LogP contribution is 2.36. The first-order chi connectivity index (χ1) is 8.20. The number of ether oxygens (including phenoxy) is 1. The molecule has 0 bridgehead atoms. The predicted molar refractivity (Wildman–Crippen MR) is 68.0 cm³/mol. The van der Waals surface area contributed by atoms with Crippen LogP contribution >= 0.6 is 0 Å². The Morgan fingerprint density at radius 1 is 1.50 bits per heavy atom. The number of hydrogen-bond acceptors (Lipinski definition) is 4. The first-order valence-electron chi connectivity index (χ1n) is 6.53. The first kappa shape index (κ1) is 15.4. The molecule has 0 aromatic carbocycles. The zero-order valence-electron chi connectivity index (χ0n) is 11.8. The summed E-state index contributed by atoms with van der Waals surface area (Å²) in [7, 11) is 0. The Balaban J connectivity index is 2.66. The molecule has 0 radical (unpaired) electrons. The maximum atomic E-state index is 11.4. The van der Waals surface area contributed by atoms with Gasteiger partial charge in [0.15, 0.2) is 0 Å².